The quantitative estimate of drug-likeness (QED) is 0.619. The lowest BCUT2D eigenvalue weighted by Crippen LogP contribution is -2.08. The molecule has 0 amide bonds. The van der Waals surface area contributed by atoms with Gasteiger partial charge in [-0.25, -0.2) is 4.79 Å². The third-order valence-corrected chi connectivity index (χ3v) is 2.66. The summed E-state index contributed by atoms with van der Waals surface area (Å²) in [7, 11) is 1.14. The fourth-order valence-electron chi connectivity index (χ4n) is 1.14. The number of rotatable bonds is 3. The first kappa shape index (κ1) is 13.6. The lowest BCUT2D eigenvalue weighted by molar-refractivity contribution is -0.0499. The molecule has 0 bridgehead atoms. The molecular weight excluding hydrogens is 347 g/mol. The van der Waals surface area contributed by atoms with E-state index in [4.69, 9.17) is 5.26 Å². The first-order chi connectivity index (χ1) is 7.99. The molecule has 0 aliphatic heterocycles. The number of hydrogen-bond acceptors (Lipinski definition) is 4. The van der Waals surface area contributed by atoms with Crippen LogP contribution in [0.15, 0.2) is 12.1 Å². The predicted octanol–water partition coefficient (Wildman–Crippen LogP) is 2.55. The maximum atomic E-state index is 12.0. The molecule has 0 saturated carbocycles. The molecule has 4 nitrogen and oxygen atoms in total. The van der Waals surface area contributed by atoms with Gasteiger partial charge in [-0.05, 0) is 34.7 Å². The highest BCUT2D eigenvalue weighted by Crippen LogP contribution is 2.25. The van der Waals surface area contributed by atoms with Crippen molar-refractivity contribution in [2.24, 2.45) is 0 Å². The molecule has 0 atom stereocenters. The zero-order chi connectivity index (χ0) is 13.0. The summed E-state index contributed by atoms with van der Waals surface area (Å²) < 4.78 is 33.1. The predicted molar refractivity (Wildman–Crippen MR) is 61.8 cm³/mol. The summed E-state index contributed by atoms with van der Waals surface area (Å²) in [6.07, 6.45) is 0. The molecular formula is C10H6F2INO3. The Morgan fingerprint density at radius 3 is 2.65 bits per heavy atom. The normalized spacial score (nSPS) is 9.88. The molecule has 17 heavy (non-hydrogen) atoms. The Morgan fingerprint density at radius 1 is 1.53 bits per heavy atom. The second-order valence-corrected chi connectivity index (χ2v) is 3.97. The van der Waals surface area contributed by atoms with Crippen molar-refractivity contribution in [2.75, 3.05) is 7.11 Å². The molecule has 0 aliphatic rings. The maximum Gasteiger partial charge on any atom is 0.387 e. The van der Waals surface area contributed by atoms with Crippen molar-refractivity contribution in [2.45, 2.75) is 6.61 Å². The highest BCUT2D eigenvalue weighted by molar-refractivity contribution is 14.1. The van der Waals surface area contributed by atoms with Crippen molar-refractivity contribution >= 4 is 28.6 Å². The van der Waals surface area contributed by atoms with Gasteiger partial charge < -0.3 is 9.47 Å². The summed E-state index contributed by atoms with van der Waals surface area (Å²) in [5, 5.41) is 8.86. The Balaban J connectivity index is 3.29. The third kappa shape index (κ3) is 3.26. The smallest absolute Gasteiger partial charge is 0.387 e. The number of alkyl halides is 2. The van der Waals surface area contributed by atoms with Crippen molar-refractivity contribution in [1.29, 1.82) is 5.26 Å². The molecule has 0 unspecified atom stereocenters. The molecule has 0 radical (unpaired) electrons. The van der Waals surface area contributed by atoms with Crippen LogP contribution in [-0.4, -0.2) is 19.7 Å². The lowest BCUT2D eigenvalue weighted by Gasteiger charge is -2.09. The van der Waals surface area contributed by atoms with Gasteiger partial charge in [0.25, 0.3) is 0 Å². The van der Waals surface area contributed by atoms with E-state index in [2.05, 4.69) is 9.47 Å². The van der Waals surface area contributed by atoms with Gasteiger partial charge in [0.2, 0.25) is 0 Å². The average molecular weight is 353 g/mol. The van der Waals surface area contributed by atoms with E-state index in [0.717, 1.165) is 13.2 Å². The van der Waals surface area contributed by atoms with Crippen LogP contribution in [0.4, 0.5) is 8.78 Å². The zero-order valence-corrected chi connectivity index (χ0v) is 10.7. The third-order valence-electron chi connectivity index (χ3n) is 1.81. The summed E-state index contributed by atoms with van der Waals surface area (Å²) in [5.74, 6) is -0.969. The van der Waals surface area contributed by atoms with E-state index < -0.39 is 12.6 Å². The molecule has 0 heterocycles. The molecule has 1 rings (SSSR count). The van der Waals surface area contributed by atoms with Crippen LogP contribution < -0.4 is 4.74 Å². The first-order valence-electron chi connectivity index (χ1n) is 4.26. The number of benzene rings is 1. The monoisotopic (exact) mass is 353 g/mol. The molecule has 1 aromatic carbocycles. The van der Waals surface area contributed by atoms with E-state index in [1.165, 1.54) is 6.07 Å². The van der Waals surface area contributed by atoms with E-state index in [0.29, 0.717) is 3.57 Å². The van der Waals surface area contributed by atoms with Crippen LogP contribution in [0, 0.1) is 14.9 Å². The summed E-state index contributed by atoms with van der Waals surface area (Å²) in [5.41, 5.74) is -0.0309. The van der Waals surface area contributed by atoms with E-state index in [-0.39, 0.29) is 16.9 Å². The van der Waals surface area contributed by atoms with Crippen molar-refractivity contribution in [1.82, 2.24) is 0 Å². The molecule has 0 N–H and O–H groups in total. The van der Waals surface area contributed by atoms with Gasteiger partial charge in [-0.15, -0.1) is 0 Å². The Hall–Kier alpha value is -1.43. The number of ether oxygens (including phenoxy) is 2. The van der Waals surface area contributed by atoms with Crippen LogP contribution >= 0.6 is 22.6 Å². The fourth-order valence-corrected chi connectivity index (χ4v) is 1.86. The zero-order valence-electron chi connectivity index (χ0n) is 8.54. The van der Waals surface area contributed by atoms with Gasteiger partial charge in [0.1, 0.15) is 11.8 Å². The van der Waals surface area contributed by atoms with Crippen molar-refractivity contribution < 1.29 is 23.0 Å². The largest absolute Gasteiger partial charge is 0.465 e. The summed E-state index contributed by atoms with van der Waals surface area (Å²) >= 11 is 1.75. The number of carbonyl (C=O) groups is 1. The van der Waals surface area contributed by atoms with Crippen LogP contribution in [-0.2, 0) is 4.74 Å². The summed E-state index contributed by atoms with van der Waals surface area (Å²) in [6, 6.07) is 4.11. The molecule has 7 heteroatoms. The fraction of sp³-hybridized carbons (Fsp3) is 0.200. The molecule has 0 aliphatic carbocycles. The van der Waals surface area contributed by atoms with Crippen LogP contribution in [0.25, 0.3) is 0 Å². The van der Waals surface area contributed by atoms with Gasteiger partial charge in [-0.3, -0.25) is 0 Å². The second-order valence-electron chi connectivity index (χ2n) is 2.81. The second kappa shape index (κ2) is 5.77. The van der Waals surface area contributed by atoms with Crippen LogP contribution in [0.2, 0.25) is 0 Å². The topological polar surface area (TPSA) is 59.3 Å². The summed E-state index contributed by atoms with van der Waals surface area (Å²) in [6.45, 7) is -3.00. The Bertz CT molecular complexity index is 485. The van der Waals surface area contributed by atoms with E-state index in [1.807, 2.05) is 6.07 Å². The average Bonchev–Trinajstić information content (AvgIpc) is 2.26. The minimum atomic E-state index is -3.00. The van der Waals surface area contributed by atoms with Crippen molar-refractivity contribution in [3.05, 3.63) is 26.8 Å². The van der Waals surface area contributed by atoms with Gasteiger partial charge in [-0.2, -0.15) is 14.0 Å². The van der Waals surface area contributed by atoms with Crippen LogP contribution in [0.3, 0.4) is 0 Å². The standard InChI is InChI=1S/C10H6F2INO3/c1-16-9(15)6-2-5(17-10(11)12)3-8(13)7(6)4-14/h2-3,10H,1H3. The number of halogens is 3. The van der Waals surface area contributed by atoms with Gasteiger partial charge in [-0.1, -0.05) is 0 Å². The number of hydrogen-bond donors (Lipinski definition) is 0. The number of nitrogens with zero attached hydrogens (tertiary/aromatic N) is 1. The molecule has 0 spiro atoms. The Morgan fingerprint density at radius 2 is 2.18 bits per heavy atom. The van der Waals surface area contributed by atoms with Gasteiger partial charge in [0.05, 0.1) is 18.2 Å². The molecule has 1 aromatic rings. The number of methoxy groups -OCH3 is 1. The minimum Gasteiger partial charge on any atom is -0.465 e. The van der Waals surface area contributed by atoms with E-state index in [1.54, 1.807) is 22.6 Å². The van der Waals surface area contributed by atoms with E-state index in [9.17, 15) is 13.6 Å². The molecule has 0 saturated heterocycles. The van der Waals surface area contributed by atoms with Gasteiger partial charge in [0.15, 0.2) is 0 Å². The van der Waals surface area contributed by atoms with E-state index >= 15 is 0 Å². The first-order valence-corrected chi connectivity index (χ1v) is 5.34. The number of carbonyl (C=O) groups excluding carboxylic acids is 1. The highest BCUT2D eigenvalue weighted by atomic mass is 127. The highest BCUT2D eigenvalue weighted by Gasteiger charge is 2.18. The molecule has 90 valence electrons. The Labute approximate surface area is 109 Å². The van der Waals surface area contributed by atoms with Gasteiger partial charge in [0, 0.05) is 3.57 Å². The number of esters is 1. The van der Waals surface area contributed by atoms with Gasteiger partial charge >= 0.3 is 12.6 Å². The van der Waals surface area contributed by atoms with Crippen LogP contribution in [0.5, 0.6) is 5.75 Å². The molecule has 0 fully saturated rings. The Kier molecular flexibility index (Phi) is 4.62. The van der Waals surface area contributed by atoms with Crippen molar-refractivity contribution in [3.8, 4) is 11.8 Å². The minimum absolute atomic E-state index is 0.0686. The summed E-state index contributed by atoms with van der Waals surface area (Å²) in [4.78, 5) is 11.4. The molecule has 0 aromatic heterocycles. The maximum absolute atomic E-state index is 12.0. The number of nitriles is 1. The van der Waals surface area contributed by atoms with Crippen molar-refractivity contribution in [3.63, 3.8) is 0 Å². The lowest BCUT2D eigenvalue weighted by atomic mass is 10.1. The SMILES string of the molecule is COC(=O)c1cc(OC(F)F)cc(I)c1C#N. The van der Waals surface area contributed by atoms with Crippen LogP contribution in [0.1, 0.15) is 15.9 Å².